The van der Waals surface area contributed by atoms with Gasteiger partial charge in [0.1, 0.15) is 16.9 Å². The third kappa shape index (κ3) is 3.14. The molecule has 0 amide bonds. The number of thiazole rings is 1. The van der Waals surface area contributed by atoms with Gasteiger partial charge in [0, 0.05) is 11.9 Å². The van der Waals surface area contributed by atoms with E-state index in [4.69, 9.17) is 10.00 Å². The van der Waals surface area contributed by atoms with Gasteiger partial charge in [0.2, 0.25) is 0 Å². The molecule has 0 aromatic carbocycles. The fourth-order valence-corrected chi connectivity index (χ4v) is 3.50. The smallest absolute Gasteiger partial charge is 0.357 e. The van der Waals surface area contributed by atoms with Crippen molar-refractivity contribution in [1.82, 2.24) is 15.0 Å². The summed E-state index contributed by atoms with van der Waals surface area (Å²) in [4.78, 5) is 26.7. The van der Waals surface area contributed by atoms with Crippen LogP contribution in [0.2, 0.25) is 0 Å². The first-order chi connectivity index (χ1) is 11.2. The van der Waals surface area contributed by atoms with Crippen molar-refractivity contribution in [2.75, 3.05) is 18.1 Å². The maximum Gasteiger partial charge on any atom is 0.357 e. The Balaban J connectivity index is 1.81. The average molecular weight is 329 g/mol. The van der Waals surface area contributed by atoms with Crippen molar-refractivity contribution < 1.29 is 9.53 Å². The lowest BCUT2D eigenvalue weighted by molar-refractivity contribution is 0.0520. The molecule has 0 N–H and O–H groups in total. The highest BCUT2D eigenvalue weighted by Gasteiger charge is 2.30. The van der Waals surface area contributed by atoms with E-state index >= 15 is 0 Å². The number of ether oxygens (including phenoxy) is 1. The Hall–Kier alpha value is -2.53. The average Bonchev–Trinajstić information content (AvgIpc) is 3.24. The van der Waals surface area contributed by atoms with Gasteiger partial charge in [-0.2, -0.15) is 5.26 Å². The number of aromatic nitrogens is 3. The van der Waals surface area contributed by atoms with E-state index in [0.29, 0.717) is 18.0 Å². The molecule has 0 aliphatic carbocycles. The van der Waals surface area contributed by atoms with E-state index in [1.54, 1.807) is 18.5 Å². The number of nitriles is 1. The van der Waals surface area contributed by atoms with Gasteiger partial charge in [-0.05, 0) is 19.8 Å². The summed E-state index contributed by atoms with van der Waals surface area (Å²) in [5, 5.41) is 11.4. The molecule has 0 saturated carbocycles. The maximum atomic E-state index is 11.8. The Kier molecular flexibility index (Phi) is 4.48. The van der Waals surface area contributed by atoms with Crippen LogP contribution in [0.25, 0.3) is 0 Å². The van der Waals surface area contributed by atoms with Gasteiger partial charge >= 0.3 is 5.97 Å². The molecule has 1 unspecified atom stereocenters. The molecule has 23 heavy (non-hydrogen) atoms. The van der Waals surface area contributed by atoms with E-state index in [0.717, 1.165) is 30.2 Å². The number of carbonyl (C=O) groups is 1. The molecule has 118 valence electrons. The monoisotopic (exact) mass is 329 g/mol. The molecular weight excluding hydrogens is 314 g/mol. The number of hydrogen-bond acceptors (Lipinski definition) is 8. The summed E-state index contributed by atoms with van der Waals surface area (Å²) in [6.45, 7) is 2.95. The highest BCUT2D eigenvalue weighted by molar-refractivity contribution is 7.10. The number of rotatable bonds is 4. The molecule has 0 spiro atoms. The van der Waals surface area contributed by atoms with Gasteiger partial charge in [0.05, 0.1) is 25.0 Å². The summed E-state index contributed by atoms with van der Waals surface area (Å²) in [7, 11) is 0. The lowest BCUT2D eigenvalue weighted by Crippen LogP contribution is -2.23. The van der Waals surface area contributed by atoms with E-state index in [9.17, 15) is 4.79 Å². The standard InChI is InChI=1S/C15H15N5O2S/c1-2-22-15(21)11-9-23-14(19-11)12-4-3-5-20(12)13-8-17-10(6-16)7-18-13/h7-9,12H,2-5H2,1H3. The fraction of sp³-hybridized carbons (Fsp3) is 0.400. The molecular formula is C15H15N5O2S. The van der Waals surface area contributed by atoms with Crippen LogP contribution in [0.5, 0.6) is 0 Å². The highest BCUT2D eigenvalue weighted by Crippen LogP contribution is 2.36. The highest BCUT2D eigenvalue weighted by atomic mass is 32.1. The molecule has 0 radical (unpaired) electrons. The second kappa shape index (κ2) is 6.71. The van der Waals surface area contributed by atoms with Crippen molar-refractivity contribution >= 4 is 23.1 Å². The SMILES string of the molecule is CCOC(=O)c1csc(C2CCCN2c2cnc(C#N)cn2)n1. The van der Waals surface area contributed by atoms with E-state index < -0.39 is 5.97 Å². The van der Waals surface area contributed by atoms with Gasteiger partial charge in [-0.15, -0.1) is 11.3 Å². The Morgan fingerprint density at radius 2 is 2.39 bits per heavy atom. The summed E-state index contributed by atoms with van der Waals surface area (Å²) >= 11 is 1.45. The lowest BCUT2D eigenvalue weighted by Gasteiger charge is -2.23. The van der Waals surface area contributed by atoms with Crippen LogP contribution < -0.4 is 4.90 Å². The van der Waals surface area contributed by atoms with Gasteiger partial charge < -0.3 is 9.64 Å². The normalized spacial score (nSPS) is 17.0. The molecule has 1 saturated heterocycles. The van der Waals surface area contributed by atoms with Gasteiger partial charge in [0.25, 0.3) is 0 Å². The summed E-state index contributed by atoms with van der Waals surface area (Å²) < 4.78 is 4.98. The Morgan fingerprint density at radius 1 is 1.52 bits per heavy atom. The summed E-state index contributed by atoms with van der Waals surface area (Å²) in [6.07, 6.45) is 5.03. The van der Waals surface area contributed by atoms with Gasteiger partial charge in [-0.1, -0.05) is 0 Å². The Bertz CT molecular complexity index is 737. The third-order valence-corrected chi connectivity index (χ3v) is 4.54. The van der Waals surface area contributed by atoms with Gasteiger partial charge in [-0.25, -0.2) is 19.7 Å². The first kappa shape index (κ1) is 15.4. The van der Waals surface area contributed by atoms with Crippen LogP contribution in [0.15, 0.2) is 17.8 Å². The van der Waals surface area contributed by atoms with Gasteiger partial charge in [-0.3, -0.25) is 0 Å². The first-order valence-electron chi connectivity index (χ1n) is 7.34. The summed E-state index contributed by atoms with van der Waals surface area (Å²) in [5.41, 5.74) is 0.646. The van der Waals surface area contributed by atoms with Crippen LogP contribution in [-0.2, 0) is 4.74 Å². The van der Waals surface area contributed by atoms with Crippen LogP contribution in [0, 0.1) is 11.3 Å². The van der Waals surface area contributed by atoms with Crippen molar-refractivity contribution in [1.29, 1.82) is 5.26 Å². The minimum atomic E-state index is -0.391. The quantitative estimate of drug-likeness (QED) is 0.795. The minimum Gasteiger partial charge on any atom is -0.461 e. The molecule has 8 heteroatoms. The van der Waals surface area contributed by atoms with Gasteiger partial charge in [0.15, 0.2) is 11.4 Å². The largest absolute Gasteiger partial charge is 0.461 e. The van der Waals surface area contributed by atoms with E-state index in [-0.39, 0.29) is 6.04 Å². The Labute approximate surface area is 137 Å². The summed E-state index contributed by atoms with van der Waals surface area (Å²) in [5.74, 6) is 0.331. The van der Waals surface area contributed by atoms with Crippen LogP contribution in [0.4, 0.5) is 5.82 Å². The molecule has 1 atom stereocenters. The van der Waals surface area contributed by atoms with Crippen molar-refractivity contribution in [3.63, 3.8) is 0 Å². The van der Waals surface area contributed by atoms with Crippen LogP contribution in [0.1, 0.15) is 47.0 Å². The number of hydrogen-bond donors (Lipinski definition) is 0. The predicted octanol–water partition coefficient (Wildman–Crippen LogP) is 2.32. The zero-order valence-corrected chi connectivity index (χ0v) is 13.4. The second-order valence-electron chi connectivity index (χ2n) is 5.01. The predicted molar refractivity (Wildman–Crippen MR) is 84.1 cm³/mol. The number of nitrogens with zero attached hydrogens (tertiary/aromatic N) is 5. The van der Waals surface area contributed by atoms with Crippen molar-refractivity contribution in [2.45, 2.75) is 25.8 Å². The molecule has 2 aromatic rings. The van der Waals surface area contributed by atoms with Crippen LogP contribution >= 0.6 is 11.3 Å². The number of carbonyl (C=O) groups excluding carboxylic acids is 1. The molecule has 3 heterocycles. The van der Waals surface area contributed by atoms with Crippen molar-refractivity contribution in [2.24, 2.45) is 0 Å². The van der Waals surface area contributed by atoms with Crippen LogP contribution in [-0.4, -0.2) is 34.1 Å². The number of esters is 1. The molecule has 3 rings (SSSR count). The molecule has 1 aliphatic rings. The Morgan fingerprint density at radius 3 is 3.09 bits per heavy atom. The summed E-state index contributed by atoms with van der Waals surface area (Å²) in [6, 6.07) is 2.04. The van der Waals surface area contributed by atoms with E-state index in [1.807, 2.05) is 6.07 Å². The topological polar surface area (TPSA) is 92.0 Å². The zero-order chi connectivity index (χ0) is 16.2. The van der Waals surface area contributed by atoms with E-state index in [2.05, 4.69) is 19.9 Å². The third-order valence-electron chi connectivity index (χ3n) is 3.59. The molecule has 1 aliphatic heterocycles. The van der Waals surface area contributed by atoms with Crippen molar-refractivity contribution in [3.05, 3.63) is 34.2 Å². The fourth-order valence-electron chi connectivity index (χ4n) is 2.56. The lowest BCUT2D eigenvalue weighted by atomic mass is 10.2. The second-order valence-corrected chi connectivity index (χ2v) is 5.90. The zero-order valence-electron chi connectivity index (χ0n) is 12.6. The minimum absolute atomic E-state index is 0.0745. The maximum absolute atomic E-state index is 11.8. The molecule has 7 nitrogen and oxygen atoms in total. The molecule has 1 fully saturated rings. The van der Waals surface area contributed by atoms with E-state index in [1.165, 1.54) is 17.5 Å². The van der Waals surface area contributed by atoms with Crippen molar-refractivity contribution in [3.8, 4) is 6.07 Å². The molecule has 2 aromatic heterocycles. The first-order valence-corrected chi connectivity index (χ1v) is 8.22. The number of anilines is 1. The van der Waals surface area contributed by atoms with Crippen LogP contribution in [0.3, 0.4) is 0 Å². The molecule has 0 bridgehead atoms.